The molecule has 1 aromatic heterocycles. The molecule has 28 heavy (non-hydrogen) atoms. The summed E-state index contributed by atoms with van der Waals surface area (Å²) in [4.78, 5) is 18.2. The number of ether oxygens (including phenoxy) is 1. The summed E-state index contributed by atoms with van der Waals surface area (Å²) >= 11 is 1.63. The van der Waals surface area contributed by atoms with Crippen LogP contribution in [0.4, 0.5) is 5.69 Å². The Morgan fingerprint density at radius 3 is 2.46 bits per heavy atom. The van der Waals surface area contributed by atoms with Gasteiger partial charge in [0, 0.05) is 29.6 Å². The summed E-state index contributed by atoms with van der Waals surface area (Å²) in [5.41, 5.74) is 9.78. The number of nitrogens with zero attached hydrogens (tertiary/aromatic N) is 2. The summed E-state index contributed by atoms with van der Waals surface area (Å²) < 4.78 is 5.23. The smallest absolute Gasteiger partial charge is 0.219 e. The number of thiazole rings is 1. The lowest BCUT2D eigenvalue weighted by molar-refractivity contribution is -0.117. The van der Waals surface area contributed by atoms with Crippen molar-refractivity contribution in [2.45, 2.75) is 26.3 Å². The third-order valence-electron chi connectivity index (χ3n) is 4.58. The van der Waals surface area contributed by atoms with Gasteiger partial charge in [0.1, 0.15) is 10.8 Å². The number of carbonyl (C=O) groups excluding carboxylic acids is 1. The van der Waals surface area contributed by atoms with E-state index in [9.17, 15) is 4.79 Å². The number of hydrogen-bond donors (Lipinski definition) is 1. The highest BCUT2D eigenvalue weighted by Gasteiger charge is 2.12. The first-order valence-corrected chi connectivity index (χ1v) is 10.2. The van der Waals surface area contributed by atoms with E-state index >= 15 is 0 Å². The maximum atomic E-state index is 11.3. The predicted molar refractivity (Wildman–Crippen MR) is 115 cm³/mol. The normalized spacial score (nSPS) is 10.6. The first kappa shape index (κ1) is 19.9. The molecule has 0 saturated heterocycles. The maximum Gasteiger partial charge on any atom is 0.219 e. The lowest BCUT2D eigenvalue weighted by Crippen LogP contribution is -2.27. The number of benzene rings is 2. The number of aryl methyl sites for hydroxylation is 1. The molecule has 0 aliphatic carbocycles. The van der Waals surface area contributed by atoms with Gasteiger partial charge in [-0.1, -0.05) is 31.2 Å². The number of nitrogens with two attached hydrogens (primary N) is 1. The van der Waals surface area contributed by atoms with E-state index in [1.807, 2.05) is 24.3 Å². The Morgan fingerprint density at radius 1 is 1.14 bits per heavy atom. The van der Waals surface area contributed by atoms with Crippen LogP contribution in [0.25, 0.3) is 10.6 Å². The van der Waals surface area contributed by atoms with Gasteiger partial charge in [0.05, 0.1) is 19.3 Å². The van der Waals surface area contributed by atoms with E-state index in [2.05, 4.69) is 41.5 Å². The lowest BCUT2D eigenvalue weighted by atomic mass is 10.1. The van der Waals surface area contributed by atoms with Crippen molar-refractivity contribution in [3.8, 4) is 16.3 Å². The molecular weight excluding hydrogens is 370 g/mol. The average molecular weight is 396 g/mol. The molecule has 2 N–H and O–H groups in total. The highest BCUT2D eigenvalue weighted by molar-refractivity contribution is 7.13. The Hall–Kier alpha value is -2.86. The molecule has 2 aromatic carbocycles. The number of hydrogen-bond acceptors (Lipinski definition) is 5. The topological polar surface area (TPSA) is 68.5 Å². The molecule has 1 heterocycles. The highest BCUT2D eigenvalue weighted by atomic mass is 32.1. The number of primary amides is 1. The highest BCUT2D eigenvalue weighted by Crippen LogP contribution is 2.26. The quantitative estimate of drug-likeness (QED) is 0.588. The van der Waals surface area contributed by atoms with Crippen molar-refractivity contribution in [3.63, 3.8) is 0 Å². The van der Waals surface area contributed by atoms with E-state index in [4.69, 9.17) is 15.5 Å². The molecule has 0 aliphatic heterocycles. The van der Waals surface area contributed by atoms with Crippen LogP contribution in [0.2, 0.25) is 0 Å². The summed E-state index contributed by atoms with van der Waals surface area (Å²) in [6.07, 6.45) is 1.32. The first-order chi connectivity index (χ1) is 13.6. The Morgan fingerprint density at radius 2 is 1.86 bits per heavy atom. The molecule has 3 rings (SSSR count). The standard InChI is InChI=1S/C22H25N3O2S/c1-3-16-4-6-17(7-5-16)22-24-18(15-28-22)14-25(13-12-21(23)26)19-8-10-20(27-2)11-9-19/h4-11,15H,3,12-14H2,1-2H3,(H2,23,26). The zero-order chi connectivity index (χ0) is 19.9. The molecule has 0 unspecified atom stereocenters. The van der Waals surface area contributed by atoms with Crippen LogP contribution in [-0.2, 0) is 17.8 Å². The van der Waals surface area contributed by atoms with Gasteiger partial charge in [-0.3, -0.25) is 4.79 Å². The van der Waals surface area contributed by atoms with Gasteiger partial charge < -0.3 is 15.4 Å². The Balaban J connectivity index is 1.77. The average Bonchev–Trinajstić information content (AvgIpc) is 3.19. The second kappa shape index (κ2) is 9.37. The van der Waals surface area contributed by atoms with Gasteiger partial charge in [0.2, 0.25) is 5.91 Å². The molecule has 0 bridgehead atoms. The van der Waals surface area contributed by atoms with E-state index in [1.54, 1.807) is 18.4 Å². The molecule has 0 aliphatic rings. The van der Waals surface area contributed by atoms with E-state index < -0.39 is 0 Å². The molecule has 0 spiro atoms. The Bertz CT molecular complexity index is 904. The van der Waals surface area contributed by atoms with Crippen LogP contribution >= 0.6 is 11.3 Å². The largest absolute Gasteiger partial charge is 0.497 e. The Labute approximate surface area is 169 Å². The molecule has 6 heteroatoms. The van der Waals surface area contributed by atoms with Gasteiger partial charge in [-0.25, -0.2) is 4.98 Å². The summed E-state index contributed by atoms with van der Waals surface area (Å²) in [6, 6.07) is 16.3. The third-order valence-corrected chi connectivity index (χ3v) is 5.52. The van der Waals surface area contributed by atoms with Gasteiger partial charge in [-0.15, -0.1) is 11.3 Å². The van der Waals surface area contributed by atoms with Gasteiger partial charge in [0.25, 0.3) is 0 Å². The molecule has 146 valence electrons. The molecule has 0 atom stereocenters. The van der Waals surface area contributed by atoms with Crippen molar-refractivity contribution in [2.75, 3.05) is 18.6 Å². The summed E-state index contributed by atoms with van der Waals surface area (Å²) in [5.74, 6) is 0.485. The molecule has 0 saturated carbocycles. The van der Waals surface area contributed by atoms with Gasteiger partial charge >= 0.3 is 0 Å². The van der Waals surface area contributed by atoms with Gasteiger partial charge in [-0.05, 0) is 36.2 Å². The number of amides is 1. The van der Waals surface area contributed by atoms with Crippen molar-refractivity contribution in [2.24, 2.45) is 5.73 Å². The van der Waals surface area contributed by atoms with Crippen LogP contribution in [0.1, 0.15) is 24.6 Å². The van der Waals surface area contributed by atoms with E-state index in [1.165, 1.54) is 5.56 Å². The second-order valence-electron chi connectivity index (χ2n) is 6.53. The van der Waals surface area contributed by atoms with Gasteiger partial charge in [0.15, 0.2) is 0 Å². The monoisotopic (exact) mass is 395 g/mol. The SMILES string of the molecule is CCc1ccc(-c2nc(CN(CCC(N)=O)c3ccc(OC)cc3)cs2)cc1. The number of anilines is 1. The van der Waals surface area contributed by atoms with Crippen LogP contribution in [0.15, 0.2) is 53.9 Å². The fraction of sp³-hybridized carbons (Fsp3) is 0.273. The van der Waals surface area contributed by atoms with Crippen molar-refractivity contribution in [3.05, 3.63) is 65.2 Å². The van der Waals surface area contributed by atoms with Crippen molar-refractivity contribution < 1.29 is 9.53 Å². The van der Waals surface area contributed by atoms with Crippen LogP contribution in [-0.4, -0.2) is 24.5 Å². The Kier molecular flexibility index (Phi) is 6.66. The van der Waals surface area contributed by atoms with Crippen LogP contribution in [0.3, 0.4) is 0 Å². The minimum Gasteiger partial charge on any atom is -0.497 e. The fourth-order valence-electron chi connectivity index (χ4n) is 2.93. The fourth-order valence-corrected chi connectivity index (χ4v) is 3.75. The van der Waals surface area contributed by atoms with Gasteiger partial charge in [-0.2, -0.15) is 0 Å². The van der Waals surface area contributed by atoms with E-state index in [-0.39, 0.29) is 5.91 Å². The summed E-state index contributed by atoms with van der Waals surface area (Å²) in [7, 11) is 1.64. The zero-order valence-electron chi connectivity index (χ0n) is 16.2. The van der Waals surface area contributed by atoms with Crippen molar-refractivity contribution >= 4 is 22.9 Å². The molecule has 1 amide bonds. The number of methoxy groups -OCH3 is 1. The summed E-state index contributed by atoms with van der Waals surface area (Å²) in [5, 5.41) is 3.08. The summed E-state index contributed by atoms with van der Waals surface area (Å²) in [6.45, 7) is 3.30. The van der Waals surface area contributed by atoms with Crippen molar-refractivity contribution in [1.82, 2.24) is 4.98 Å². The number of aromatic nitrogens is 1. The molecule has 0 fully saturated rings. The molecule has 3 aromatic rings. The maximum absolute atomic E-state index is 11.3. The number of carbonyl (C=O) groups is 1. The minimum absolute atomic E-state index is 0.293. The second-order valence-corrected chi connectivity index (χ2v) is 7.39. The van der Waals surface area contributed by atoms with Crippen LogP contribution in [0.5, 0.6) is 5.75 Å². The lowest BCUT2D eigenvalue weighted by Gasteiger charge is -2.23. The third kappa shape index (κ3) is 5.10. The van der Waals surface area contributed by atoms with E-state index in [0.717, 1.165) is 34.1 Å². The van der Waals surface area contributed by atoms with Crippen LogP contribution < -0.4 is 15.4 Å². The molecule has 5 nitrogen and oxygen atoms in total. The van der Waals surface area contributed by atoms with E-state index in [0.29, 0.717) is 19.5 Å². The zero-order valence-corrected chi connectivity index (χ0v) is 17.0. The molecular formula is C22H25N3O2S. The van der Waals surface area contributed by atoms with Crippen LogP contribution in [0, 0.1) is 0 Å². The first-order valence-electron chi connectivity index (χ1n) is 9.30. The van der Waals surface area contributed by atoms with Crippen molar-refractivity contribution in [1.29, 1.82) is 0 Å². The number of rotatable bonds is 9. The molecule has 0 radical (unpaired) electrons. The predicted octanol–water partition coefficient (Wildman–Crippen LogP) is 4.26. The minimum atomic E-state index is -0.312.